The van der Waals surface area contributed by atoms with Gasteiger partial charge in [-0.3, -0.25) is 4.98 Å². The van der Waals surface area contributed by atoms with E-state index in [2.05, 4.69) is 9.97 Å². The summed E-state index contributed by atoms with van der Waals surface area (Å²) >= 11 is 0. The van der Waals surface area contributed by atoms with Crippen LogP contribution in [0.15, 0.2) is 42.9 Å². The monoisotopic (exact) mass is 309 g/mol. The number of hydrogen-bond donors (Lipinski definition) is 0. The Labute approximate surface area is 134 Å². The molecule has 0 saturated heterocycles. The molecule has 5 nitrogen and oxygen atoms in total. The molecule has 0 saturated carbocycles. The number of nitrogens with zero attached hydrogens (tertiary/aromatic N) is 3. The van der Waals surface area contributed by atoms with Crippen molar-refractivity contribution in [3.8, 4) is 11.3 Å². The van der Waals surface area contributed by atoms with Crippen molar-refractivity contribution in [3.63, 3.8) is 0 Å². The van der Waals surface area contributed by atoms with Crippen LogP contribution in [0, 0.1) is 6.92 Å². The van der Waals surface area contributed by atoms with Crippen LogP contribution in [-0.2, 0) is 4.74 Å². The van der Waals surface area contributed by atoms with E-state index >= 15 is 0 Å². The number of aryl methyl sites for hydroxylation is 1. The molecule has 0 bridgehead atoms. The zero-order chi connectivity index (χ0) is 16.6. The van der Waals surface area contributed by atoms with Gasteiger partial charge in [0.1, 0.15) is 11.2 Å². The maximum atomic E-state index is 12.5. The summed E-state index contributed by atoms with van der Waals surface area (Å²) in [5.74, 6) is 0. The minimum atomic E-state index is -0.565. The SMILES string of the molecule is Cc1ccnc(-c2cn(C(=O)OC(C)(C)C)c3ncccc23)c1. The van der Waals surface area contributed by atoms with E-state index in [9.17, 15) is 4.79 Å². The second kappa shape index (κ2) is 5.50. The minimum Gasteiger partial charge on any atom is -0.443 e. The van der Waals surface area contributed by atoms with Gasteiger partial charge in [-0.25, -0.2) is 14.3 Å². The van der Waals surface area contributed by atoms with Crippen molar-refractivity contribution in [1.29, 1.82) is 0 Å². The average molecular weight is 309 g/mol. The van der Waals surface area contributed by atoms with E-state index in [0.29, 0.717) is 5.65 Å². The van der Waals surface area contributed by atoms with Crippen LogP contribution in [0.3, 0.4) is 0 Å². The van der Waals surface area contributed by atoms with Crippen molar-refractivity contribution >= 4 is 17.1 Å². The van der Waals surface area contributed by atoms with Crippen LogP contribution in [0.1, 0.15) is 26.3 Å². The Morgan fingerprint density at radius 1 is 1.17 bits per heavy atom. The van der Waals surface area contributed by atoms with Gasteiger partial charge in [-0.2, -0.15) is 0 Å². The lowest BCUT2D eigenvalue weighted by atomic mass is 10.1. The van der Waals surface area contributed by atoms with Gasteiger partial charge >= 0.3 is 6.09 Å². The van der Waals surface area contributed by atoms with Crippen molar-refractivity contribution in [3.05, 3.63) is 48.4 Å². The smallest absolute Gasteiger partial charge is 0.420 e. The second-order valence-corrected chi connectivity index (χ2v) is 6.49. The van der Waals surface area contributed by atoms with Gasteiger partial charge < -0.3 is 4.74 Å². The van der Waals surface area contributed by atoms with Gasteiger partial charge in [0.25, 0.3) is 0 Å². The Hall–Kier alpha value is -2.69. The molecule has 0 amide bonds. The first kappa shape index (κ1) is 15.2. The number of rotatable bonds is 1. The fraction of sp³-hybridized carbons (Fsp3) is 0.278. The Morgan fingerprint density at radius 2 is 1.96 bits per heavy atom. The number of fused-ring (bicyclic) bond motifs is 1. The number of carbonyl (C=O) groups excluding carboxylic acids is 1. The first-order valence-corrected chi connectivity index (χ1v) is 7.47. The predicted octanol–water partition coefficient (Wildman–Crippen LogP) is 4.19. The molecule has 118 valence electrons. The fourth-order valence-electron chi connectivity index (χ4n) is 2.40. The van der Waals surface area contributed by atoms with Crippen molar-refractivity contribution in [2.75, 3.05) is 0 Å². The van der Waals surface area contributed by atoms with Crippen molar-refractivity contribution in [2.24, 2.45) is 0 Å². The van der Waals surface area contributed by atoms with E-state index in [1.807, 2.05) is 52.0 Å². The lowest BCUT2D eigenvalue weighted by Gasteiger charge is -2.19. The average Bonchev–Trinajstić information content (AvgIpc) is 2.85. The topological polar surface area (TPSA) is 57.0 Å². The van der Waals surface area contributed by atoms with Crippen molar-refractivity contribution in [2.45, 2.75) is 33.3 Å². The molecule has 3 aromatic rings. The van der Waals surface area contributed by atoms with Crippen LogP contribution < -0.4 is 0 Å². The Morgan fingerprint density at radius 3 is 2.65 bits per heavy atom. The van der Waals surface area contributed by atoms with Gasteiger partial charge in [0.05, 0.1) is 5.69 Å². The van der Waals surface area contributed by atoms with E-state index in [-0.39, 0.29) is 0 Å². The molecule has 0 unspecified atom stereocenters. The third kappa shape index (κ3) is 3.08. The minimum absolute atomic E-state index is 0.444. The molecule has 0 atom stereocenters. The summed E-state index contributed by atoms with van der Waals surface area (Å²) in [6.07, 6.45) is 4.72. The summed E-state index contributed by atoms with van der Waals surface area (Å²) in [6, 6.07) is 7.71. The molecular formula is C18H19N3O2. The highest BCUT2D eigenvalue weighted by atomic mass is 16.6. The second-order valence-electron chi connectivity index (χ2n) is 6.49. The number of aromatic nitrogens is 3. The Balaban J connectivity index is 2.16. The van der Waals surface area contributed by atoms with Crippen molar-refractivity contribution < 1.29 is 9.53 Å². The lowest BCUT2D eigenvalue weighted by molar-refractivity contribution is 0.0544. The maximum absolute atomic E-state index is 12.5. The number of hydrogen-bond acceptors (Lipinski definition) is 4. The van der Waals surface area contributed by atoms with Gasteiger partial charge in [0, 0.05) is 29.5 Å². The van der Waals surface area contributed by atoms with Crippen LogP contribution >= 0.6 is 0 Å². The Kier molecular flexibility index (Phi) is 3.64. The molecule has 0 spiro atoms. The molecular weight excluding hydrogens is 290 g/mol. The van der Waals surface area contributed by atoms with Gasteiger partial charge in [0.15, 0.2) is 0 Å². The van der Waals surface area contributed by atoms with E-state index in [1.165, 1.54) is 4.57 Å². The summed E-state index contributed by atoms with van der Waals surface area (Å²) in [7, 11) is 0. The molecule has 23 heavy (non-hydrogen) atoms. The van der Waals surface area contributed by atoms with E-state index in [0.717, 1.165) is 22.2 Å². The van der Waals surface area contributed by atoms with Gasteiger partial charge in [-0.15, -0.1) is 0 Å². The zero-order valence-corrected chi connectivity index (χ0v) is 13.7. The summed E-state index contributed by atoms with van der Waals surface area (Å²) in [5, 5.41) is 0.872. The third-order valence-corrected chi connectivity index (χ3v) is 3.34. The van der Waals surface area contributed by atoms with E-state index in [1.54, 1.807) is 18.6 Å². The summed E-state index contributed by atoms with van der Waals surface area (Å²) in [5.41, 5.74) is 2.79. The Bertz CT molecular complexity index is 875. The molecule has 0 aliphatic carbocycles. The molecule has 3 rings (SSSR count). The summed E-state index contributed by atoms with van der Waals surface area (Å²) in [6.45, 7) is 7.53. The van der Waals surface area contributed by atoms with Crippen LogP contribution in [-0.4, -0.2) is 26.2 Å². The van der Waals surface area contributed by atoms with Gasteiger partial charge in [-0.1, -0.05) is 0 Å². The maximum Gasteiger partial charge on any atom is 0.420 e. The molecule has 0 N–H and O–H groups in total. The third-order valence-electron chi connectivity index (χ3n) is 3.34. The van der Waals surface area contributed by atoms with E-state index in [4.69, 9.17) is 4.74 Å². The summed E-state index contributed by atoms with van der Waals surface area (Å²) in [4.78, 5) is 21.2. The molecule has 0 aromatic carbocycles. The molecule has 5 heteroatoms. The molecule has 3 aromatic heterocycles. The first-order valence-electron chi connectivity index (χ1n) is 7.47. The molecule has 0 fully saturated rings. The quantitative estimate of drug-likeness (QED) is 0.676. The molecule has 0 radical (unpaired) electrons. The van der Waals surface area contributed by atoms with Crippen LogP contribution in [0.5, 0.6) is 0 Å². The van der Waals surface area contributed by atoms with Crippen LogP contribution in [0.4, 0.5) is 4.79 Å². The number of pyridine rings is 2. The molecule has 0 aliphatic heterocycles. The highest BCUT2D eigenvalue weighted by Crippen LogP contribution is 2.29. The van der Waals surface area contributed by atoms with Gasteiger partial charge in [0.2, 0.25) is 0 Å². The molecule has 3 heterocycles. The standard InChI is InChI=1S/C18H19N3O2/c1-12-7-9-19-15(10-12)14-11-21(17(22)23-18(2,3)4)16-13(14)6-5-8-20-16/h5-11H,1-4H3. The van der Waals surface area contributed by atoms with Crippen LogP contribution in [0.2, 0.25) is 0 Å². The largest absolute Gasteiger partial charge is 0.443 e. The number of ether oxygens (including phenoxy) is 1. The van der Waals surface area contributed by atoms with E-state index < -0.39 is 11.7 Å². The fourth-order valence-corrected chi connectivity index (χ4v) is 2.40. The normalized spacial score (nSPS) is 11.7. The van der Waals surface area contributed by atoms with Gasteiger partial charge in [-0.05, 0) is 57.5 Å². The van der Waals surface area contributed by atoms with Crippen LogP contribution in [0.25, 0.3) is 22.3 Å². The highest BCUT2D eigenvalue weighted by Gasteiger charge is 2.22. The van der Waals surface area contributed by atoms with Crippen molar-refractivity contribution in [1.82, 2.24) is 14.5 Å². The lowest BCUT2D eigenvalue weighted by Crippen LogP contribution is -2.26. The zero-order valence-electron chi connectivity index (χ0n) is 13.7. The first-order chi connectivity index (χ1) is 10.8. The predicted molar refractivity (Wildman–Crippen MR) is 89.3 cm³/mol. The molecule has 0 aliphatic rings. The number of carbonyl (C=O) groups is 1. The highest BCUT2D eigenvalue weighted by molar-refractivity contribution is 5.97. The summed E-state index contributed by atoms with van der Waals surface area (Å²) < 4.78 is 6.91.